The van der Waals surface area contributed by atoms with Crippen molar-refractivity contribution in [3.8, 4) is 22.9 Å². The predicted octanol–water partition coefficient (Wildman–Crippen LogP) is 6.41. The Morgan fingerprint density at radius 1 is 1.09 bits per heavy atom. The second kappa shape index (κ2) is 9.69. The maximum absolute atomic E-state index is 6.36. The highest BCUT2D eigenvalue weighted by Gasteiger charge is 2.21. The second-order valence-electron chi connectivity index (χ2n) is 9.91. The molecular weight excluding hydrogens is 535 g/mol. The van der Waals surface area contributed by atoms with Crippen molar-refractivity contribution in [2.75, 3.05) is 11.9 Å². The smallest absolute Gasteiger partial charge is 0.183 e. The first-order chi connectivity index (χ1) is 14.9. The van der Waals surface area contributed by atoms with Crippen LogP contribution >= 0.6 is 33.9 Å². The molecule has 0 saturated carbocycles. The van der Waals surface area contributed by atoms with Crippen LogP contribution in [0.4, 0.5) is 5.13 Å². The molecule has 32 heavy (non-hydrogen) atoms. The highest BCUT2D eigenvalue weighted by molar-refractivity contribution is 14.1. The highest BCUT2D eigenvalue weighted by Crippen LogP contribution is 2.38. The molecule has 2 heterocycles. The van der Waals surface area contributed by atoms with Crippen molar-refractivity contribution >= 4 is 50.0 Å². The molecule has 0 aliphatic carbocycles. The van der Waals surface area contributed by atoms with Gasteiger partial charge in [-0.15, -0.1) is 11.3 Å². The zero-order valence-corrected chi connectivity index (χ0v) is 22.8. The van der Waals surface area contributed by atoms with Crippen molar-refractivity contribution in [3.05, 3.63) is 29.1 Å². The van der Waals surface area contributed by atoms with E-state index in [-0.39, 0.29) is 5.60 Å². The number of nitrogens with zero attached hydrogens (tertiary/aromatic N) is 2. The maximum atomic E-state index is 6.36. The number of fused-ring (bicyclic) bond motifs is 1. The molecule has 0 aliphatic rings. The molecule has 0 aliphatic heterocycles. The maximum Gasteiger partial charge on any atom is 0.183 e. The summed E-state index contributed by atoms with van der Waals surface area (Å²) in [5.74, 6) is 1.60. The average molecular weight is 569 g/mol. The van der Waals surface area contributed by atoms with E-state index in [9.17, 15) is 0 Å². The molecule has 8 heteroatoms. The van der Waals surface area contributed by atoms with Gasteiger partial charge in [-0.3, -0.25) is 0 Å². The third-order valence-electron chi connectivity index (χ3n) is 4.33. The van der Waals surface area contributed by atoms with Crippen LogP contribution in [0, 0.1) is 0 Å². The van der Waals surface area contributed by atoms with Crippen LogP contribution in [0.2, 0.25) is 0 Å². The molecule has 3 rings (SSSR count). The molecule has 0 radical (unpaired) electrons. The van der Waals surface area contributed by atoms with Gasteiger partial charge in [-0.2, -0.15) is 0 Å². The number of ether oxygens (including phenoxy) is 2. The normalized spacial score (nSPS) is 12.4. The SMILES string of the molecule is CC(C)Nc1nc(-c2cc(OC(C)(C)C)c3ccc(OCC(C)(C)N)c(CI)c3n2)cs1. The zero-order valence-electron chi connectivity index (χ0n) is 19.9. The van der Waals surface area contributed by atoms with E-state index < -0.39 is 5.54 Å². The number of thiazole rings is 1. The minimum atomic E-state index is -0.423. The van der Waals surface area contributed by atoms with E-state index in [4.69, 9.17) is 25.2 Å². The van der Waals surface area contributed by atoms with Crippen LogP contribution in [0.25, 0.3) is 22.3 Å². The Balaban J connectivity index is 2.16. The predicted molar refractivity (Wildman–Crippen MR) is 143 cm³/mol. The van der Waals surface area contributed by atoms with E-state index in [1.807, 2.05) is 58.2 Å². The fourth-order valence-electron chi connectivity index (χ4n) is 3.08. The number of aromatic nitrogens is 2. The Morgan fingerprint density at radius 3 is 2.41 bits per heavy atom. The Bertz CT molecular complexity index is 1080. The van der Waals surface area contributed by atoms with Crippen LogP contribution in [-0.4, -0.2) is 33.8 Å². The van der Waals surface area contributed by atoms with E-state index >= 15 is 0 Å². The third-order valence-corrected chi connectivity index (χ3v) is 5.87. The molecule has 2 aromatic heterocycles. The lowest BCUT2D eigenvalue weighted by Crippen LogP contribution is -2.38. The topological polar surface area (TPSA) is 82.3 Å². The molecule has 0 atom stereocenters. The molecule has 3 aromatic rings. The number of pyridine rings is 1. The molecule has 1 aromatic carbocycles. The number of hydrogen-bond acceptors (Lipinski definition) is 7. The summed E-state index contributed by atoms with van der Waals surface area (Å²) >= 11 is 3.93. The van der Waals surface area contributed by atoms with Gasteiger partial charge in [-0.25, -0.2) is 9.97 Å². The molecule has 0 spiro atoms. The van der Waals surface area contributed by atoms with Crippen LogP contribution in [0.1, 0.15) is 54.0 Å². The van der Waals surface area contributed by atoms with E-state index in [0.717, 1.165) is 48.9 Å². The molecule has 0 unspecified atom stereocenters. The van der Waals surface area contributed by atoms with Gasteiger partial charge in [0, 0.05) is 38.4 Å². The zero-order chi connectivity index (χ0) is 23.7. The number of halogens is 1. The molecule has 0 bridgehead atoms. The number of anilines is 1. The van der Waals surface area contributed by atoms with Crippen LogP contribution in [0.5, 0.6) is 11.5 Å². The Labute approximate surface area is 208 Å². The van der Waals surface area contributed by atoms with Crippen LogP contribution in [-0.2, 0) is 4.43 Å². The van der Waals surface area contributed by atoms with Crippen molar-refractivity contribution in [1.82, 2.24) is 9.97 Å². The lowest BCUT2D eigenvalue weighted by atomic mass is 10.1. The largest absolute Gasteiger partial charge is 0.491 e. The number of hydrogen-bond donors (Lipinski definition) is 2. The highest BCUT2D eigenvalue weighted by atomic mass is 127. The number of rotatable bonds is 8. The van der Waals surface area contributed by atoms with Gasteiger partial charge in [0.15, 0.2) is 5.13 Å². The molecular formula is C24H33IN4O2S. The summed E-state index contributed by atoms with van der Waals surface area (Å²) in [4.78, 5) is 9.78. The monoisotopic (exact) mass is 568 g/mol. The fraction of sp³-hybridized carbons (Fsp3) is 0.500. The van der Waals surface area contributed by atoms with Gasteiger partial charge >= 0.3 is 0 Å². The van der Waals surface area contributed by atoms with E-state index in [1.165, 1.54) is 0 Å². The van der Waals surface area contributed by atoms with Gasteiger partial charge in [0.1, 0.15) is 29.4 Å². The average Bonchev–Trinajstić information content (AvgIpc) is 3.11. The minimum absolute atomic E-state index is 0.315. The van der Waals surface area contributed by atoms with Gasteiger partial charge in [0.05, 0.1) is 11.2 Å². The number of benzene rings is 1. The fourth-order valence-corrected chi connectivity index (χ4v) is 4.67. The summed E-state index contributed by atoms with van der Waals surface area (Å²) in [5.41, 5.74) is 8.89. The van der Waals surface area contributed by atoms with E-state index in [0.29, 0.717) is 12.6 Å². The first-order valence-electron chi connectivity index (χ1n) is 10.7. The number of nitrogens with one attached hydrogen (secondary N) is 1. The summed E-state index contributed by atoms with van der Waals surface area (Å²) in [5, 5.41) is 7.24. The van der Waals surface area contributed by atoms with Crippen molar-refractivity contribution < 1.29 is 9.47 Å². The van der Waals surface area contributed by atoms with Gasteiger partial charge in [-0.05, 0) is 60.6 Å². The first-order valence-corrected chi connectivity index (χ1v) is 13.1. The van der Waals surface area contributed by atoms with Crippen molar-refractivity contribution in [2.24, 2.45) is 5.73 Å². The van der Waals surface area contributed by atoms with E-state index in [1.54, 1.807) is 11.3 Å². The molecule has 6 nitrogen and oxygen atoms in total. The quantitative estimate of drug-likeness (QED) is 0.242. The van der Waals surface area contributed by atoms with Gasteiger partial charge < -0.3 is 20.5 Å². The van der Waals surface area contributed by atoms with Crippen molar-refractivity contribution in [1.29, 1.82) is 0 Å². The first kappa shape index (κ1) is 25.0. The van der Waals surface area contributed by atoms with Crippen molar-refractivity contribution in [2.45, 2.75) is 70.1 Å². The summed E-state index contributed by atoms with van der Waals surface area (Å²) in [6, 6.07) is 6.32. The number of alkyl halides is 1. The van der Waals surface area contributed by atoms with Gasteiger partial charge in [-0.1, -0.05) is 22.6 Å². The third kappa shape index (κ3) is 6.45. The van der Waals surface area contributed by atoms with Gasteiger partial charge in [0.25, 0.3) is 0 Å². The summed E-state index contributed by atoms with van der Waals surface area (Å²) < 4.78 is 13.2. The lowest BCUT2D eigenvalue weighted by molar-refractivity contribution is 0.133. The summed E-state index contributed by atoms with van der Waals surface area (Å²) in [7, 11) is 0. The minimum Gasteiger partial charge on any atom is -0.491 e. The molecule has 174 valence electrons. The van der Waals surface area contributed by atoms with Crippen LogP contribution < -0.4 is 20.5 Å². The standard InChI is InChI=1S/C24H33IN4O2S/c1-14(2)27-22-29-18(12-32-22)17-10-20(31-23(3,4)5)15-8-9-19(30-13-24(6,7)26)16(11-25)21(15)28-17/h8-10,12,14H,11,13,26H2,1-7H3,(H,27,29). The Kier molecular flexibility index (Phi) is 7.56. The Morgan fingerprint density at radius 2 is 1.81 bits per heavy atom. The van der Waals surface area contributed by atoms with Crippen LogP contribution in [0.15, 0.2) is 23.6 Å². The molecule has 0 amide bonds. The lowest BCUT2D eigenvalue weighted by Gasteiger charge is -2.24. The van der Waals surface area contributed by atoms with Gasteiger partial charge in [0.2, 0.25) is 0 Å². The Hall–Kier alpha value is -1.65. The van der Waals surface area contributed by atoms with Crippen molar-refractivity contribution in [3.63, 3.8) is 0 Å². The molecule has 0 saturated heterocycles. The molecule has 0 fully saturated rings. The number of nitrogens with two attached hydrogens (primary N) is 1. The summed E-state index contributed by atoms with van der Waals surface area (Å²) in [6.07, 6.45) is 0. The van der Waals surface area contributed by atoms with Crippen LogP contribution in [0.3, 0.4) is 0 Å². The van der Waals surface area contributed by atoms with E-state index in [2.05, 4.69) is 41.8 Å². The molecule has 3 N–H and O–H groups in total. The second-order valence-corrected chi connectivity index (χ2v) is 11.5. The summed E-state index contributed by atoms with van der Waals surface area (Å²) in [6.45, 7) is 14.7.